The van der Waals surface area contributed by atoms with E-state index in [0.717, 1.165) is 13.0 Å². The van der Waals surface area contributed by atoms with Gasteiger partial charge in [-0.1, -0.05) is 38.3 Å². The first kappa shape index (κ1) is 11.7. The summed E-state index contributed by atoms with van der Waals surface area (Å²) in [5.74, 6) is 0. The molecular formula is C11H21O. The summed E-state index contributed by atoms with van der Waals surface area (Å²) in [6.07, 6.45) is 12.0. The van der Waals surface area contributed by atoms with Crippen LogP contribution in [0.15, 0.2) is 12.2 Å². The molecule has 71 valence electrons. The van der Waals surface area contributed by atoms with E-state index in [1.807, 2.05) is 0 Å². The maximum absolute atomic E-state index is 4.69. The second-order valence-corrected chi connectivity index (χ2v) is 3.02. The molecule has 0 saturated heterocycles. The summed E-state index contributed by atoms with van der Waals surface area (Å²) in [6.45, 7) is 2.98. The van der Waals surface area contributed by atoms with Crippen molar-refractivity contribution in [3.8, 4) is 0 Å². The lowest BCUT2D eigenvalue weighted by Gasteiger charge is -1.94. The summed E-state index contributed by atoms with van der Waals surface area (Å²) in [4.78, 5) is 0. The standard InChI is InChI=1S/C11H21O/c1-3-4-5-6-7-8-9-10-11-12-2/h8-9H,2-7,10-11H2,1H3. The molecule has 0 saturated carbocycles. The molecule has 0 amide bonds. The van der Waals surface area contributed by atoms with E-state index in [2.05, 4.69) is 30.9 Å². The van der Waals surface area contributed by atoms with Crippen LogP contribution in [0.3, 0.4) is 0 Å². The van der Waals surface area contributed by atoms with Gasteiger partial charge >= 0.3 is 0 Å². The van der Waals surface area contributed by atoms with Gasteiger partial charge in [0.1, 0.15) is 0 Å². The van der Waals surface area contributed by atoms with E-state index < -0.39 is 0 Å². The molecule has 1 nitrogen and oxygen atoms in total. The number of ether oxygens (including phenoxy) is 1. The highest BCUT2D eigenvalue weighted by molar-refractivity contribution is 4.81. The van der Waals surface area contributed by atoms with E-state index >= 15 is 0 Å². The third-order valence-electron chi connectivity index (χ3n) is 1.82. The summed E-state index contributed by atoms with van der Waals surface area (Å²) in [7, 11) is 3.31. The van der Waals surface area contributed by atoms with Crippen molar-refractivity contribution < 1.29 is 4.74 Å². The average Bonchev–Trinajstić information content (AvgIpc) is 2.10. The van der Waals surface area contributed by atoms with Crippen LogP contribution in [0.5, 0.6) is 0 Å². The highest BCUT2D eigenvalue weighted by atomic mass is 16.5. The van der Waals surface area contributed by atoms with Crippen LogP contribution in [0.25, 0.3) is 0 Å². The van der Waals surface area contributed by atoms with Gasteiger partial charge in [-0.05, 0) is 19.3 Å². The number of allylic oxidation sites excluding steroid dienone is 1. The molecule has 0 aliphatic rings. The number of hydrogen-bond donors (Lipinski definition) is 0. The van der Waals surface area contributed by atoms with Crippen molar-refractivity contribution in [2.24, 2.45) is 0 Å². The predicted molar refractivity (Wildman–Crippen MR) is 53.8 cm³/mol. The van der Waals surface area contributed by atoms with E-state index in [0.29, 0.717) is 0 Å². The Morgan fingerprint density at radius 2 is 1.83 bits per heavy atom. The van der Waals surface area contributed by atoms with Gasteiger partial charge in [0.05, 0.1) is 13.7 Å². The molecule has 0 N–H and O–H groups in total. The molecule has 0 aromatic rings. The smallest absolute Gasteiger partial charge is 0.0700 e. The van der Waals surface area contributed by atoms with Crippen molar-refractivity contribution >= 4 is 0 Å². The lowest BCUT2D eigenvalue weighted by atomic mass is 10.1. The number of unbranched alkanes of at least 4 members (excludes halogenated alkanes) is 4. The maximum atomic E-state index is 4.69. The first-order valence-electron chi connectivity index (χ1n) is 4.93. The molecule has 0 spiro atoms. The Morgan fingerprint density at radius 3 is 2.50 bits per heavy atom. The SMILES string of the molecule is [CH2]OCCC=CCCCCCC. The third-order valence-corrected chi connectivity index (χ3v) is 1.82. The fourth-order valence-corrected chi connectivity index (χ4v) is 1.08. The average molecular weight is 169 g/mol. The first-order chi connectivity index (χ1) is 5.91. The van der Waals surface area contributed by atoms with Crippen molar-refractivity contribution in [3.63, 3.8) is 0 Å². The third kappa shape index (κ3) is 9.70. The van der Waals surface area contributed by atoms with Gasteiger partial charge in [0.15, 0.2) is 0 Å². The van der Waals surface area contributed by atoms with Gasteiger partial charge < -0.3 is 4.74 Å². The molecule has 0 aliphatic carbocycles. The van der Waals surface area contributed by atoms with Crippen LogP contribution in [0, 0.1) is 7.11 Å². The van der Waals surface area contributed by atoms with Crippen LogP contribution in [-0.2, 0) is 4.74 Å². The predicted octanol–water partition coefficient (Wildman–Crippen LogP) is 3.71. The molecule has 0 aromatic carbocycles. The Kier molecular flexibility index (Phi) is 10.4. The van der Waals surface area contributed by atoms with E-state index in [9.17, 15) is 0 Å². The minimum Gasteiger partial charge on any atom is -0.379 e. The summed E-state index contributed by atoms with van der Waals surface area (Å²) in [5, 5.41) is 0. The summed E-state index contributed by atoms with van der Waals surface area (Å²) < 4.78 is 4.69. The maximum Gasteiger partial charge on any atom is 0.0700 e. The van der Waals surface area contributed by atoms with Crippen molar-refractivity contribution in [2.45, 2.75) is 45.4 Å². The van der Waals surface area contributed by atoms with Crippen LogP contribution in [0.1, 0.15) is 45.4 Å². The number of hydrogen-bond acceptors (Lipinski definition) is 1. The molecule has 0 bridgehead atoms. The van der Waals surface area contributed by atoms with E-state index in [-0.39, 0.29) is 0 Å². The zero-order valence-electron chi connectivity index (χ0n) is 8.22. The lowest BCUT2D eigenvalue weighted by molar-refractivity contribution is 0.248. The van der Waals surface area contributed by atoms with Gasteiger partial charge in [0.2, 0.25) is 0 Å². The van der Waals surface area contributed by atoms with Crippen molar-refractivity contribution in [1.82, 2.24) is 0 Å². The lowest BCUT2D eigenvalue weighted by Crippen LogP contribution is -1.81. The molecule has 1 heteroatoms. The Morgan fingerprint density at radius 1 is 1.08 bits per heavy atom. The molecule has 0 atom stereocenters. The van der Waals surface area contributed by atoms with Gasteiger partial charge in [-0.3, -0.25) is 0 Å². The van der Waals surface area contributed by atoms with Crippen LogP contribution >= 0.6 is 0 Å². The molecule has 0 heterocycles. The molecule has 1 radical (unpaired) electrons. The molecular weight excluding hydrogens is 148 g/mol. The first-order valence-corrected chi connectivity index (χ1v) is 4.93. The van der Waals surface area contributed by atoms with Gasteiger partial charge in [-0.2, -0.15) is 0 Å². The quantitative estimate of drug-likeness (QED) is 0.397. The van der Waals surface area contributed by atoms with Crippen LogP contribution in [0.4, 0.5) is 0 Å². The molecule has 0 fully saturated rings. The van der Waals surface area contributed by atoms with Gasteiger partial charge in [0, 0.05) is 0 Å². The topological polar surface area (TPSA) is 9.23 Å². The van der Waals surface area contributed by atoms with Gasteiger partial charge in [-0.25, -0.2) is 0 Å². The summed E-state index contributed by atoms with van der Waals surface area (Å²) in [6, 6.07) is 0. The van der Waals surface area contributed by atoms with Crippen LogP contribution in [0.2, 0.25) is 0 Å². The molecule has 12 heavy (non-hydrogen) atoms. The van der Waals surface area contributed by atoms with E-state index in [1.165, 1.54) is 32.1 Å². The fourth-order valence-electron chi connectivity index (χ4n) is 1.08. The monoisotopic (exact) mass is 169 g/mol. The summed E-state index contributed by atoms with van der Waals surface area (Å²) in [5.41, 5.74) is 0. The van der Waals surface area contributed by atoms with Crippen molar-refractivity contribution in [3.05, 3.63) is 19.3 Å². The second kappa shape index (κ2) is 10.7. The Bertz CT molecular complexity index is 97.2. The molecule has 0 rings (SSSR count). The molecule has 0 aliphatic heterocycles. The van der Waals surface area contributed by atoms with E-state index in [1.54, 1.807) is 0 Å². The second-order valence-electron chi connectivity index (χ2n) is 3.02. The Labute approximate surface area is 76.8 Å². The number of rotatable bonds is 8. The normalized spacial score (nSPS) is 11.2. The largest absolute Gasteiger partial charge is 0.379 e. The Balaban J connectivity index is 2.92. The highest BCUT2D eigenvalue weighted by Crippen LogP contribution is 2.03. The van der Waals surface area contributed by atoms with Crippen molar-refractivity contribution in [2.75, 3.05) is 6.61 Å². The highest BCUT2D eigenvalue weighted by Gasteiger charge is 1.84. The molecule has 0 aromatic heterocycles. The minimum absolute atomic E-state index is 0.742. The van der Waals surface area contributed by atoms with Crippen LogP contribution in [-0.4, -0.2) is 6.61 Å². The molecule has 0 unspecified atom stereocenters. The minimum atomic E-state index is 0.742. The zero-order chi connectivity index (χ0) is 9.07. The van der Waals surface area contributed by atoms with E-state index in [4.69, 9.17) is 0 Å². The van der Waals surface area contributed by atoms with Gasteiger partial charge in [-0.15, -0.1) is 0 Å². The summed E-state index contributed by atoms with van der Waals surface area (Å²) >= 11 is 0. The van der Waals surface area contributed by atoms with Crippen molar-refractivity contribution in [1.29, 1.82) is 0 Å². The van der Waals surface area contributed by atoms with Gasteiger partial charge in [0.25, 0.3) is 0 Å². The fraction of sp³-hybridized carbons (Fsp3) is 0.727. The zero-order valence-corrected chi connectivity index (χ0v) is 8.22. The van der Waals surface area contributed by atoms with Crippen LogP contribution < -0.4 is 0 Å². The Hall–Kier alpha value is -0.300.